The number of hydrogen-bond donors (Lipinski definition) is 1. The van der Waals surface area contributed by atoms with Crippen molar-refractivity contribution < 1.29 is 4.74 Å². The SMILES string of the molecule is Clc1ccc(CNC2COc3ccccc32)cc1Cl. The molecule has 0 aromatic heterocycles. The topological polar surface area (TPSA) is 21.3 Å². The predicted octanol–water partition coefficient (Wildman–Crippen LogP) is 4.22. The summed E-state index contributed by atoms with van der Waals surface area (Å²) in [5, 5.41) is 4.64. The number of para-hydroxylation sites is 1. The maximum atomic E-state index is 6.01. The molecular weight excluding hydrogens is 281 g/mol. The van der Waals surface area contributed by atoms with Crippen molar-refractivity contribution in [1.29, 1.82) is 0 Å². The fraction of sp³-hybridized carbons (Fsp3) is 0.200. The smallest absolute Gasteiger partial charge is 0.124 e. The molecule has 0 bridgehead atoms. The largest absolute Gasteiger partial charge is 0.491 e. The van der Waals surface area contributed by atoms with E-state index in [-0.39, 0.29) is 6.04 Å². The van der Waals surface area contributed by atoms with Crippen LogP contribution in [0.2, 0.25) is 10.0 Å². The molecule has 2 nitrogen and oxygen atoms in total. The highest BCUT2D eigenvalue weighted by atomic mass is 35.5. The standard InChI is InChI=1S/C15H13Cl2NO/c16-12-6-5-10(7-13(12)17)8-18-14-9-19-15-4-2-1-3-11(14)15/h1-7,14,18H,8-9H2. The van der Waals surface area contributed by atoms with Crippen molar-refractivity contribution in [2.24, 2.45) is 0 Å². The molecule has 0 radical (unpaired) electrons. The Kier molecular flexibility index (Phi) is 3.65. The van der Waals surface area contributed by atoms with Gasteiger partial charge in [-0.1, -0.05) is 47.5 Å². The summed E-state index contributed by atoms with van der Waals surface area (Å²) >= 11 is 11.9. The van der Waals surface area contributed by atoms with Gasteiger partial charge in [-0.25, -0.2) is 0 Å². The lowest BCUT2D eigenvalue weighted by Crippen LogP contribution is -2.21. The molecule has 2 aromatic carbocycles. The summed E-state index contributed by atoms with van der Waals surface area (Å²) in [4.78, 5) is 0. The van der Waals surface area contributed by atoms with Gasteiger partial charge >= 0.3 is 0 Å². The average Bonchev–Trinajstić information content (AvgIpc) is 2.83. The van der Waals surface area contributed by atoms with E-state index < -0.39 is 0 Å². The molecule has 0 amide bonds. The summed E-state index contributed by atoms with van der Waals surface area (Å²) in [6.07, 6.45) is 0. The van der Waals surface area contributed by atoms with Gasteiger partial charge in [0.25, 0.3) is 0 Å². The van der Waals surface area contributed by atoms with Gasteiger partial charge < -0.3 is 10.1 Å². The molecule has 1 aliphatic heterocycles. The van der Waals surface area contributed by atoms with Gasteiger partial charge in [0.2, 0.25) is 0 Å². The molecule has 19 heavy (non-hydrogen) atoms. The van der Waals surface area contributed by atoms with E-state index in [2.05, 4.69) is 11.4 Å². The van der Waals surface area contributed by atoms with E-state index in [1.54, 1.807) is 0 Å². The Morgan fingerprint density at radius 3 is 2.79 bits per heavy atom. The van der Waals surface area contributed by atoms with Crippen LogP contribution in [0.15, 0.2) is 42.5 Å². The van der Waals surface area contributed by atoms with Crippen molar-refractivity contribution in [1.82, 2.24) is 5.32 Å². The van der Waals surface area contributed by atoms with Gasteiger partial charge in [-0.05, 0) is 23.8 Å². The third-order valence-electron chi connectivity index (χ3n) is 3.24. The zero-order valence-electron chi connectivity index (χ0n) is 10.2. The molecule has 0 saturated carbocycles. The van der Waals surface area contributed by atoms with Gasteiger partial charge in [0.1, 0.15) is 12.4 Å². The molecule has 1 N–H and O–H groups in total. The first-order valence-electron chi connectivity index (χ1n) is 6.13. The van der Waals surface area contributed by atoms with E-state index in [9.17, 15) is 0 Å². The lowest BCUT2D eigenvalue weighted by Gasteiger charge is -2.12. The Labute approximate surface area is 122 Å². The second-order valence-electron chi connectivity index (χ2n) is 4.53. The quantitative estimate of drug-likeness (QED) is 0.915. The van der Waals surface area contributed by atoms with Crippen LogP contribution in [-0.4, -0.2) is 6.61 Å². The summed E-state index contributed by atoms with van der Waals surface area (Å²) in [5.41, 5.74) is 2.32. The van der Waals surface area contributed by atoms with Crippen molar-refractivity contribution in [2.45, 2.75) is 12.6 Å². The summed E-state index contributed by atoms with van der Waals surface area (Å²) in [6.45, 7) is 1.40. The van der Waals surface area contributed by atoms with Crippen LogP contribution in [0.4, 0.5) is 0 Å². The molecule has 0 aliphatic carbocycles. The molecule has 0 spiro atoms. The minimum atomic E-state index is 0.227. The Balaban J connectivity index is 1.69. The van der Waals surface area contributed by atoms with E-state index >= 15 is 0 Å². The van der Waals surface area contributed by atoms with E-state index in [4.69, 9.17) is 27.9 Å². The Morgan fingerprint density at radius 1 is 1.11 bits per heavy atom. The summed E-state index contributed by atoms with van der Waals surface area (Å²) in [7, 11) is 0. The van der Waals surface area contributed by atoms with E-state index in [1.807, 2.05) is 36.4 Å². The highest BCUT2D eigenvalue weighted by Gasteiger charge is 2.22. The molecule has 1 unspecified atom stereocenters. The Bertz CT molecular complexity index is 600. The van der Waals surface area contributed by atoms with Crippen LogP contribution in [0.25, 0.3) is 0 Å². The number of fused-ring (bicyclic) bond motifs is 1. The van der Waals surface area contributed by atoms with Crippen LogP contribution in [0.3, 0.4) is 0 Å². The predicted molar refractivity (Wildman–Crippen MR) is 78.0 cm³/mol. The van der Waals surface area contributed by atoms with Crippen molar-refractivity contribution in [3.05, 3.63) is 63.6 Å². The first-order valence-corrected chi connectivity index (χ1v) is 6.88. The fourth-order valence-corrected chi connectivity index (χ4v) is 2.54. The molecule has 1 aliphatic rings. The minimum absolute atomic E-state index is 0.227. The van der Waals surface area contributed by atoms with Crippen LogP contribution in [0, 0.1) is 0 Å². The van der Waals surface area contributed by atoms with Crippen molar-refractivity contribution in [2.75, 3.05) is 6.61 Å². The minimum Gasteiger partial charge on any atom is -0.491 e. The lowest BCUT2D eigenvalue weighted by atomic mass is 10.1. The van der Waals surface area contributed by atoms with E-state index in [0.29, 0.717) is 16.7 Å². The average molecular weight is 294 g/mol. The Morgan fingerprint density at radius 2 is 1.95 bits per heavy atom. The van der Waals surface area contributed by atoms with Crippen molar-refractivity contribution in [3.63, 3.8) is 0 Å². The maximum absolute atomic E-state index is 6.01. The molecule has 98 valence electrons. The fourth-order valence-electron chi connectivity index (χ4n) is 2.22. The van der Waals surface area contributed by atoms with Gasteiger partial charge in [0.05, 0.1) is 16.1 Å². The monoisotopic (exact) mass is 293 g/mol. The molecule has 1 atom stereocenters. The third-order valence-corrected chi connectivity index (χ3v) is 3.98. The lowest BCUT2D eigenvalue weighted by molar-refractivity contribution is 0.310. The first kappa shape index (κ1) is 12.8. The Hall–Kier alpha value is -1.22. The van der Waals surface area contributed by atoms with Gasteiger partial charge in [-0.15, -0.1) is 0 Å². The van der Waals surface area contributed by atoms with Crippen LogP contribution in [-0.2, 0) is 6.54 Å². The number of hydrogen-bond acceptors (Lipinski definition) is 2. The zero-order chi connectivity index (χ0) is 13.2. The molecule has 2 aromatic rings. The van der Waals surface area contributed by atoms with Crippen LogP contribution in [0.1, 0.15) is 17.2 Å². The summed E-state index contributed by atoms with van der Waals surface area (Å²) in [6, 6.07) is 14.0. The number of halogens is 2. The molecular formula is C15H13Cl2NO. The highest BCUT2D eigenvalue weighted by Crippen LogP contribution is 2.32. The van der Waals surface area contributed by atoms with Crippen LogP contribution >= 0.6 is 23.2 Å². The van der Waals surface area contributed by atoms with E-state index in [1.165, 1.54) is 5.56 Å². The third kappa shape index (κ3) is 2.71. The number of nitrogens with one attached hydrogen (secondary N) is 1. The molecule has 4 heteroatoms. The zero-order valence-corrected chi connectivity index (χ0v) is 11.7. The maximum Gasteiger partial charge on any atom is 0.124 e. The summed E-state index contributed by atoms with van der Waals surface area (Å²) in [5.74, 6) is 0.967. The molecule has 3 rings (SSSR count). The van der Waals surface area contributed by atoms with Crippen molar-refractivity contribution in [3.8, 4) is 5.75 Å². The number of benzene rings is 2. The molecule has 0 saturated heterocycles. The van der Waals surface area contributed by atoms with Gasteiger partial charge in [0, 0.05) is 12.1 Å². The van der Waals surface area contributed by atoms with Crippen LogP contribution in [0.5, 0.6) is 5.75 Å². The molecule has 0 fully saturated rings. The first-order chi connectivity index (χ1) is 9.24. The van der Waals surface area contributed by atoms with Gasteiger partial charge in [-0.3, -0.25) is 0 Å². The molecule has 1 heterocycles. The second-order valence-corrected chi connectivity index (χ2v) is 5.35. The van der Waals surface area contributed by atoms with Crippen LogP contribution < -0.4 is 10.1 Å². The van der Waals surface area contributed by atoms with E-state index in [0.717, 1.165) is 17.9 Å². The number of ether oxygens (including phenoxy) is 1. The highest BCUT2D eigenvalue weighted by molar-refractivity contribution is 6.42. The normalized spacial score (nSPS) is 17.1. The second kappa shape index (κ2) is 5.41. The number of rotatable bonds is 3. The summed E-state index contributed by atoms with van der Waals surface area (Å²) < 4.78 is 5.63. The van der Waals surface area contributed by atoms with Gasteiger partial charge in [-0.2, -0.15) is 0 Å². The van der Waals surface area contributed by atoms with Crippen molar-refractivity contribution >= 4 is 23.2 Å². The van der Waals surface area contributed by atoms with Gasteiger partial charge in [0.15, 0.2) is 0 Å².